The second-order valence-corrected chi connectivity index (χ2v) is 3.77. The van der Waals surface area contributed by atoms with Crippen molar-refractivity contribution in [1.29, 1.82) is 0 Å². The number of hydrogen-bond donors (Lipinski definition) is 1. The Kier molecular flexibility index (Phi) is 2.90. The number of rotatable bonds is 4. The van der Waals surface area contributed by atoms with Gasteiger partial charge in [0.2, 0.25) is 0 Å². The van der Waals surface area contributed by atoms with Gasteiger partial charge < -0.3 is 10.1 Å². The fourth-order valence-corrected chi connectivity index (χ4v) is 1.38. The van der Waals surface area contributed by atoms with Crippen molar-refractivity contribution in [1.82, 2.24) is 5.32 Å². The predicted octanol–water partition coefficient (Wildman–Crippen LogP) is 1.40. The van der Waals surface area contributed by atoms with Crippen LogP contribution in [0.15, 0.2) is 18.2 Å². The maximum atomic E-state index is 11.4. The third-order valence-corrected chi connectivity index (χ3v) is 2.45. The molecule has 0 spiro atoms. The summed E-state index contributed by atoms with van der Waals surface area (Å²) in [5.41, 5.74) is 0.989. The van der Waals surface area contributed by atoms with Crippen molar-refractivity contribution in [2.75, 3.05) is 7.05 Å². The van der Waals surface area contributed by atoms with Crippen molar-refractivity contribution >= 4 is 12.2 Å². The highest BCUT2D eigenvalue weighted by Crippen LogP contribution is 2.29. The minimum atomic E-state index is -0.182. The normalized spacial score (nSPS) is 14.3. The highest BCUT2D eigenvalue weighted by Gasteiger charge is 2.24. The molecule has 4 heteroatoms. The van der Waals surface area contributed by atoms with Crippen LogP contribution in [0.25, 0.3) is 0 Å². The van der Waals surface area contributed by atoms with Gasteiger partial charge in [-0.05, 0) is 31.0 Å². The van der Waals surface area contributed by atoms with Crippen LogP contribution in [0.1, 0.15) is 33.6 Å². The van der Waals surface area contributed by atoms with E-state index in [1.54, 1.807) is 25.2 Å². The number of benzene rings is 1. The molecule has 0 saturated heterocycles. The van der Waals surface area contributed by atoms with Gasteiger partial charge in [0.25, 0.3) is 5.91 Å². The van der Waals surface area contributed by atoms with Gasteiger partial charge in [0.1, 0.15) is 5.75 Å². The fourth-order valence-electron chi connectivity index (χ4n) is 1.38. The maximum Gasteiger partial charge on any atom is 0.251 e. The topological polar surface area (TPSA) is 55.4 Å². The molecular formula is C12H13NO3. The first kappa shape index (κ1) is 10.7. The van der Waals surface area contributed by atoms with Crippen LogP contribution in [0.2, 0.25) is 0 Å². The molecule has 0 unspecified atom stereocenters. The zero-order chi connectivity index (χ0) is 11.5. The number of aldehydes is 1. The Morgan fingerprint density at radius 1 is 1.50 bits per heavy atom. The summed E-state index contributed by atoms with van der Waals surface area (Å²) >= 11 is 0. The van der Waals surface area contributed by atoms with Gasteiger partial charge in [-0.1, -0.05) is 0 Å². The summed E-state index contributed by atoms with van der Waals surface area (Å²) in [5, 5.41) is 2.53. The van der Waals surface area contributed by atoms with E-state index in [2.05, 4.69) is 5.32 Å². The second-order valence-electron chi connectivity index (χ2n) is 3.77. The van der Waals surface area contributed by atoms with Crippen LogP contribution < -0.4 is 10.1 Å². The van der Waals surface area contributed by atoms with Crippen molar-refractivity contribution in [2.24, 2.45) is 0 Å². The number of ether oxygens (including phenoxy) is 1. The van der Waals surface area contributed by atoms with Crippen molar-refractivity contribution in [3.05, 3.63) is 29.3 Å². The first-order chi connectivity index (χ1) is 7.74. The van der Waals surface area contributed by atoms with Gasteiger partial charge in [0.15, 0.2) is 6.29 Å². The van der Waals surface area contributed by atoms with E-state index in [4.69, 9.17) is 4.74 Å². The van der Waals surface area contributed by atoms with Crippen LogP contribution in [-0.4, -0.2) is 25.3 Å². The lowest BCUT2D eigenvalue weighted by Gasteiger charge is -2.08. The first-order valence-corrected chi connectivity index (χ1v) is 5.22. The van der Waals surface area contributed by atoms with Crippen molar-refractivity contribution < 1.29 is 14.3 Å². The molecule has 1 aliphatic rings. The smallest absolute Gasteiger partial charge is 0.251 e. The minimum absolute atomic E-state index is 0.182. The van der Waals surface area contributed by atoms with E-state index in [-0.39, 0.29) is 12.0 Å². The highest BCUT2D eigenvalue weighted by atomic mass is 16.5. The first-order valence-electron chi connectivity index (χ1n) is 5.22. The molecule has 1 amide bonds. The van der Waals surface area contributed by atoms with Gasteiger partial charge in [-0.2, -0.15) is 0 Å². The molecule has 1 fully saturated rings. The van der Waals surface area contributed by atoms with E-state index < -0.39 is 0 Å². The molecule has 1 aromatic carbocycles. The number of amides is 1. The Balaban J connectivity index is 2.29. The molecular weight excluding hydrogens is 206 g/mol. The fraction of sp³-hybridized carbons (Fsp3) is 0.333. The molecule has 0 bridgehead atoms. The zero-order valence-corrected chi connectivity index (χ0v) is 9.03. The summed E-state index contributed by atoms with van der Waals surface area (Å²) in [6, 6.07) is 4.83. The lowest BCUT2D eigenvalue weighted by atomic mass is 10.1. The van der Waals surface area contributed by atoms with Crippen molar-refractivity contribution in [3.63, 3.8) is 0 Å². The number of nitrogens with one attached hydrogen (secondary N) is 1. The molecule has 0 heterocycles. The van der Waals surface area contributed by atoms with E-state index in [1.807, 2.05) is 0 Å². The van der Waals surface area contributed by atoms with E-state index in [1.165, 1.54) is 0 Å². The van der Waals surface area contributed by atoms with Crippen molar-refractivity contribution in [2.45, 2.75) is 18.9 Å². The average molecular weight is 219 g/mol. The summed E-state index contributed by atoms with van der Waals surface area (Å²) in [6.07, 6.45) is 2.98. The molecule has 0 radical (unpaired) electrons. The summed E-state index contributed by atoms with van der Waals surface area (Å²) in [6.45, 7) is 0. The van der Waals surface area contributed by atoms with Gasteiger partial charge in [0.05, 0.1) is 11.7 Å². The minimum Gasteiger partial charge on any atom is -0.490 e. The maximum absolute atomic E-state index is 11.4. The lowest BCUT2D eigenvalue weighted by molar-refractivity contribution is 0.0961. The summed E-state index contributed by atoms with van der Waals surface area (Å²) in [5.74, 6) is 0.316. The van der Waals surface area contributed by atoms with Crippen LogP contribution in [0.4, 0.5) is 0 Å². The summed E-state index contributed by atoms with van der Waals surface area (Å²) in [7, 11) is 1.57. The van der Waals surface area contributed by atoms with E-state index >= 15 is 0 Å². The molecule has 0 aliphatic heterocycles. The molecule has 0 aromatic heterocycles. The molecule has 1 aromatic rings. The highest BCUT2D eigenvalue weighted by molar-refractivity contribution is 5.95. The Morgan fingerprint density at radius 3 is 2.81 bits per heavy atom. The van der Waals surface area contributed by atoms with Crippen LogP contribution in [-0.2, 0) is 0 Å². The molecule has 16 heavy (non-hydrogen) atoms. The van der Waals surface area contributed by atoms with Crippen LogP contribution in [0.5, 0.6) is 5.75 Å². The van der Waals surface area contributed by atoms with Gasteiger partial charge in [-0.15, -0.1) is 0 Å². The van der Waals surface area contributed by atoms with Crippen molar-refractivity contribution in [3.8, 4) is 5.75 Å². The summed E-state index contributed by atoms with van der Waals surface area (Å²) < 4.78 is 5.57. The third-order valence-electron chi connectivity index (χ3n) is 2.45. The molecule has 84 valence electrons. The molecule has 1 aliphatic carbocycles. The SMILES string of the molecule is CNC(=O)c1ccc(C=O)c(OC2CC2)c1. The second kappa shape index (κ2) is 4.35. The monoisotopic (exact) mass is 219 g/mol. The summed E-state index contributed by atoms with van der Waals surface area (Å²) in [4.78, 5) is 22.2. The van der Waals surface area contributed by atoms with Gasteiger partial charge in [-0.25, -0.2) is 0 Å². The molecule has 2 rings (SSSR count). The quantitative estimate of drug-likeness (QED) is 0.779. The van der Waals surface area contributed by atoms with E-state index in [9.17, 15) is 9.59 Å². The molecule has 1 N–H and O–H groups in total. The third kappa shape index (κ3) is 2.21. The van der Waals surface area contributed by atoms with E-state index in [0.717, 1.165) is 19.1 Å². The number of hydrogen-bond acceptors (Lipinski definition) is 3. The Bertz CT molecular complexity index is 424. The average Bonchev–Trinajstić information content (AvgIpc) is 3.12. The zero-order valence-electron chi connectivity index (χ0n) is 9.03. The van der Waals surface area contributed by atoms with Crippen LogP contribution in [0.3, 0.4) is 0 Å². The number of carbonyl (C=O) groups excluding carboxylic acids is 2. The lowest BCUT2D eigenvalue weighted by Crippen LogP contribution is -2.18. The van der Waals surface area contributed by atoms with Crippen LogP contribution in [0, 0.1) is 0 Å². The van der Waals surface area contributed by atoms with Gasteiger partial charge in [0, 0.05) is 12.6 Å². The van der Waals surface area contributed by atoms with Gasteiger partial charge >= 0.3 is 0 Å². The molecule has 0 atom stereocenters. The Morgan fingerprint density at radius 2 is 2.25 bits per heavy atom. The largest absolute Gasteiger partial charge is 0.490 e. The van der Waals surface area contributed by atoms with Crippen LogP contribution >= 0.6 is 0 Å². The molecule has 4 nitrogen and oxygen atoms in total. The predicted molar refractivity (Wildman–Crippen MR) is 58.9 cm³/mol. The molecule has 1 saturated carbocycles. The van der Waals surface area contributed by atoms with Gasteiger partial charge in [-0.3, -0.25) is 9.59 Å². The number of carbonyl (C=O) groups is 2. The Labute approximate surface area is 93.6 Å². The standard InChI is InChI=1S/C12H13NO3/c1-13-12(15)8-2-3-9(7-14)11(6-8)16-10-4-5-10/h2-3,6-7,10H,4-5H2,1H3,(H,13,15). The van der Waals surface area contributed by atoms with E-state index in [0.29, 0.717) is 16.9 Å². The Hall–Kier alpha value is -1.84.